The summed E-state index contributed by atoms with van der Waals surface area (Å²) in [6.45, 7) is -0.301. The molecule has 0 aliphatic heterocycles. The summed E-state index contributed by atoms with van der Waals surface area (Å²) in [5, 5.41) is 15.2. The number of halogens is 3. The second kappa shape index (κ2) is 18.6. The van der Waals surface area contributed by atoms with Crippen LogP contribution in [0.25, 0.3) is 5.78 Å². The molecule has 2 amide bonds. The molecule has 0 saturated heterocycles. The van der Waals surface area contributed by atoms with Gasteiger partial charge in [0.1, 0.15) is 4.90 Å². The van der Waals surface area contributed by atoms with E-state index >= 15 is 0 Å². The zero-order valence-corrected chi connectivity index (χ0v) is 34.4. The molecule has 25 nitrogen and oxygen atoms in total. The second-order valence-electron chi connectivity index (χ2n) is 11.4. The number of ether oxygens (including phenoxy) is 5. The van der Waals surface area contributed by atoms with Gasteiger partial charge in [0.2, 0.25) is 45.4 Å². The van der Waals surface area contributed by atoms with Gasteiger partial charge < -0.3 is 28.8 Å². The number of carbonyl (C=O) groups is 2. The highest BCUT2D eigenvalue weighted by atomic mass is 32.2. The normalized spacial score (nSPS) is 11.8. The van der Waals surface area contributed by atoms with E-state index in [9.17, 15) is 53.1 Å². The maximum absolute atomic E-state index is 13.3. The van der Waals surface area contributed by atoms with E-state index in [0.29, 0.717) is 6.07 Å². The van der Waals surface area contributed by atoms with E-state index in [2.05, 4.69) is 40.1 Å². The van der Waals surface area contributed by atoms with Crippen LogP contribution in [0.5, 0.6) is 29.4 Å². The minimum atomic E-state index is -4.98. The maximum Gasteiger partial charge on any atom is 0.418 e. The fraction of sp³-hybridized carbons (Fsp3) is 0.267. The van der Waals surface area contributed by atoms with Crippen LogP contribution in [0.2, 0.25) is 0 Å². The Labute approximate surface area is 342 Å². The van der Waals surface area contributed by atoms with Crippen molar-refractivity contribution in [3.63, 3.8) is 0 Å². The summed E-state index contributed by atoms with van der Waals surface area (Å²) in [7, 11) is -6.89. The molecule has 330 valence electrons. The number of benzene rings is 1. The van der Waals surface area contributed by atoms with Crippen molar-refractivity contribution in [2.45, 2.75) is 22.5 Å². The van der Waals surface area contributed by atoms with Crippen LogP contribution in [-0.2, 0) is 42.8 Å². The molecule has 61 heavy (non-hydrogen) atoms. The molecule has 0 saturated carbocycles. The number of hydrogen-bond donors (Lipinski definition) is 5. The molecule has 0 bridgehead atoms. The minimum absolute atomic E-state index is 0.0225. The van der Waals surface area contributed by atoms with Crippen LogP contribution in [0.3, 0.4) is 0 Å². The molecule has 31 heteroatoms. The van der Waals surface area contributed by atoms with Crippen molar-refractivity contribution in [3.05, 3.63) is 59.3 Å². The van der Waals surface area contributed by atoms with Crippen LogP contribution >= 0.6 is 0 Å². The van der Waals surface area contributed by atoms with Crippen molar-refractivity contribution in [2.24, 2.45) is 0 Å². The zero-order chi connectivity index (χ0) is 45.5. The van der Waals surface area contributed by atoms with Gasteiger partial charge in [0, 0.05) is 12.7 Å². The Hall–Kier alpha value is -6.86. The van der Waals surface area contributed by atoms with Crippen molar-refractivity contribution in [1.29, 1.82) is 0 Å². The number of urea groups is 1. The Balaban J connectivity index is 0.000000270. The highest BCUT2D eigenvalue weighted by molar-refractivity contribution is 7.93. The van der Waals surface area contributed by atoms with Crippen molar-refractivity contribution >= 4 is 59.7 Å². The number of nitrogens with one attached hydrogen (secondary N) is 4. The first-order chi connectivity index (χ1) is 28.4. The van der Waals surface area contributed by atoms with Gasteiger partial charge >= 0.3 is 18.2 Å². The number of amides is 2. The highest BCUT2D eigenvalue weighted by Gasteiger charge is 2.40. The SMILES string of the molecule is COc1cc(OC)n2nc(NS(=O)(=O)c3c(C(F)(F)F)ccnc3OC)nc2n1.COc1cc(OC)nc(NC(=O)NS(=O)(=O)c2cc(CNS(C)(=O)=O)ccc2C(=O)O)n1. The molecule has 1 aromatic carbocycles. The fourth-order valence-corrected chi connectivity index (χ4v) is 7.46. The molecule has 5 aromatic rings. The van der Waals surface area contributed by atoms with Crippen LogP contribution < -0.4 is 43.2 Å². The molecule has 0 aliphatic rings. The van der Waals surface area contributed by atoms with Crippen LogP contribution in [0.1, 0.15) is 21.5 Å². The monoisotopic (exact) mass is 923 g/mol. The van der Waals surface area contributed by atoms with Gasteiger partial charge in [-0.15, -0.1) is 5.10 Å². The third-order valence-corrected chi connectivity index (χ3v) is 10.6. The summed E-state index contributed by atoms with van der Waals surface area (Å²) in [6, 6.07) is 5.03. The first kappa shape index (κ1) is 46.8. The number of nitrogens with zero attached hydrogens (tertiary/aromatic N) is 7. The molecule has 5 N–H and O–H groups in total. The minimum Gasteiger partial charge on any atom is -0.481 e. The molecule has 0 spiro atoms. The van der Waals surface area contributed by atoms with E-state index < -0.39 is 81.0 Å². The number of carboxylic acid groups (broad SMARTS) is 1. The number of pyridine rings is 1. The van der Waals surface area contributed by atoms with Gasteiger partial charge in [-0.05, 0) is 23.8 Å². The van der Waals surface area contributed by atoms with E-state index in [1.54, 1.807) is 4.72 Å². The zero-order valence-electron chi connectivity index (χ0n) is 32.0. The second-order valence-corrected chi connectivity index (χ2v) is 16.5. The average molecular weight is 924 g/mol. The Morgan fingerprint density at radius 2 is 1.41 bits per heavy atom. The molecule has 0 aliphatic carbocycles. The number of fused-ring (bicyclic) bond motifs is 1. The highest BCUT2D eigenvalue weighted by Crippen LogP contribution is 2.38. The van der Waals surface area contributed by atoms with Crippen LogP contribution in [0.4, 0.5) is 29.9 Å². The lowest BCUT2D eigenvalue weighted by molar-refractivity contribution is -0.140. The standard InChI is InChI=1S/C16H19N5O9S2.C14H13F3N6O5S/c1-29-12-7-13(30-2)19-15(18-12)20-16(24)21-32(27,28)11-6-9(8-17-31(3,25)26)4-5-10(11)14(22)23;1-26-8-6-9(27-2)23-13(19-8)20-12(21-23)22-29(24,25)10-7(14(15,16)17)4-5-18-11(10)28-3/h4-7,17H,8H2,1-3H3,(H,22,23)(H2,18,19,20,21,24);4-6H,1-3H3,(H,21,22). The van der Waals surface area contributed by atoms with E-state index in [4.69, 9.17) is 23.7 Å². The molecule has 4 heterocycles. The molecule has 4 aromatic heterocycles. The molecule has 5 rings (SSSR count). The van der Waals surface area contributed by atoms with Gasteiger partial charge in [-0.1, -0.05) is 6.07 Å². The number of carbonyl (C=O) groups excluding carboxylic acids is 1. The molecular formula is C30H32F3N11O14S3. The van der Waals surface area contributed by atoms with Crippen molar-refractivity contribution in [3.8, 4) is 29.4 Å². The number of methoxy groups -OCH3 is 5. The number of rotatable bonds is 15. The Morgan fingerprint density at radius 3 is 1.95 bits per heavy atom. The number of alkyl halides is 3. The molecule has 0 radical (unpaired) electrons. The average Bonchev–Trinajstić information content (AvgIpc) is 3.59. The summed E-state index contributed by atoms with van der Waals surface area (Å²) in [5.41, 5.74) is -1.95. The lowest BCUT2D eigenvalue weighted by Gasteiger charge is -2.15. The molecular weight excluding hydrogens is 892 g/mol. The number of aromatic carboxylic acids is 1. The quantitative estimate of drug-likeness (QED) is 0.0982. The van der Waals surface area contributed by atoms with Gasteiger partial charge in [0.05, 0.1) is 65.1 Å². The van der Waals surface area contributed by atoms with E-state index in [1.165, 1.54) is 46.6 Å². The topological polar surface area (TPSA) is 333 Å². The number of aromatic nitrogens is 7. The predicted octanol–water partition coefficient (Wildman–Crippen LogP) is 1.12. The maximum atomic E-state index is 13.3. The van der Waals surface area contributed by atoms with Gasteiger partial charge in [0.15, 0.2) is 4.90 Å². The van der Waals surface area contributed by atoms with Crippen molar-refractivity contribution < 1.29 is 76.8 Å². The molecule has 0 fully saturated rings. The Kier molecular flexibility index (Phi) is 14.3. The number of hydrogen-bond acceptors (Lipinski definition) is 19. The summed E-state index contributed by atoms with van der Waals surface area (Å²) < 4.78 is 145. The summed E-state index contributed by atoms with van der Waals surface area (Å²) >= 11 is 0. The van der Waals surface area contributed by atoms with Gasteiger partial charge in [-0.3, -0.25) is 5.32 Å². The Morgan fingerprint density at radius 1 is 0.787 bits per heavy atom. The third-order valence-electron chi connectivity index (χ3n) is 7.19. The lowest BCUT2D eigenvalue weighted by Crippen LogP contribution is -2.35. The first-order valence-electron chi connectivity index (χ1n) is 16.1. The van der Waals surface area contributed by atoms with Crippen LogP contribution in [0, 0.1) is 0 Å². The lowest BCUT2D eigenvalue weighted by atomic mass is 10.1. The third kappa shape index (κ3) is 11.9. The van der Waals surface area contributed by atoms with Crippen LogP contribution in [-0.4, -0.2) is 119 Å². The Bertz CT molecular complexity index is 2770. The van der Waals surface area contributed by atoms with Crippen molar-refractivity contribution in [2.75, 3.05) is 51.8 Å². The van der Waals surface area contributed by atoms with E-state index in [-0.39, 0.29) is 47.4 Å². The fourth-order valence-electron chi connectivity index (χ4n) is 4.61. The van der Waals surface area contributed by atoms with Gasteiger partial charge in [-0.2, -0.15) is 37.6 Å². The molecule has 0 unspecified atom stereocenters. The summed E-state index contributed by atoms with van der Waals surface area (Å²) in [5.74, 6) is -3.09. The van der Waals surface area contributed by atoms with Crippen molar-refractivity contribution in [1.82, 2.24) is 44.0 Å². The predicted molar refractivity (Wildman–Crippen MR) is 200 cm³/mol. The summed E-state index contributed by atoms with van der Waals surface area (Å²) in [6.07, 6.45) is -3.30. The first-order valence-corrected chi connectivity index (χ1v) is 20.9. The van der Waals surface area contributed by atoms with E-state index in [0.717, 1.165) is 36.2 Å². The largest absolute Gasteiger partial charge is 0.481 e. The number of carboxylic acids is 1. The number of anilines is 2. The van der Waals surface area contributed by atoms with E-state index in [1.807, 2.05) is 4.72 Å². The van der Waals surface area contributed by atoms with Gasteiger partial charge in [-0.25, -0.2) is 54.0 Å². The van der Waals surface area contributed by atoms with Gasteiger partial charge in [0.25, 0.3) is 31.8 Å². The smallest absolute Gasteiger partial charge is 0.418 e. The number of sulfonamides is 3. The molecule has 0 atom stereocenters. The van der Waals surface area contributed by atoms with Crippen LogP contribution in [0.15, 0.2) is 52.4 Å². The summed E-state index contributed by atoms with van der Waals surface area (Å²) in [4.78, 5) is 40.7.